The van der Waals surface area contributed by atoms with Gasteiger partial charge in [0.15, 0.2) is 10.8 Å². The molecule has 0 unspecified atom stereocenters. The second-order valence-electron chi connectivity index (χ2n) is 11.3. The van der Waals surface area contributed by atoms with Gasteiger partial charge in [-0.2, -0.15) is 0 Å². The fourth-order valence-corrected chi connectivity index (χ4v) is 3.62. The molecule has 0 aliphatic carbocycles. The predicted molar refractivity (Wildman–Crippen MR) is 138 cm³/mol. The molecule has 0 aromatic carbocycles. The van der Waals surface area contributed by atoms with E-state index in [1.165, 1.54) is 9.80 Å². The monoisotopic (exact) mass is 574 g/mol. The van der Waals surface area contributed by atoms with Crippen LogP contribution in [0.4, 0.5) is 9.59 Å². The molecule has 0 radical (unpaired) electrons. The highest BCUT2D eigenvalue weighted by Crippen LogP contribution is 2.35. The Morgan fingerprint density at radius 3 is 1.12 bits per heavy atom. The molecule has 0 saturated carbocycles. The van der Waals surface area contributed by atoms with Crippen LogP contribution >= 0.6 is 0 Å². The Balaban J connectivity index is 0.000000402. The molecule has 2 aliphatic heterocycles. The third-order valence-electron chi connectivity index (χ3n) is 5.55. The van der Waals surface area contributed by atoms with Crippen molar-refractivity contribution in [3.63, 3.8) is 0 Å². The molecule has 0 spiro atoms. The van der Waals surface area contributed by atoms with Crippen molar-refractivity contribution in [3.05, 3.63) is 0 Å². The van der Waals surface area contributed by atoms with Gasteiger partial charge < -0.3 is 38.6 Å². The molecular formula is C26H42N2O12. The lowest BCUT2D eigenvalue weighted by molar-refractivity contribution is -0.184. The number of hydrogen-bond acceptors (Lipinski definition) is 11. The van der Waals surface area contributed by atoms with Crippen molar-refractivity contribution in [3.8, 4) is 0 Å². The molecule has 2 fully saturated rings. The molecule has 228 valence electrons. The zero-order valence-corrected chi connectivity index (χ0v) is 24.8. The lowest BCUT2D eigenvalue weighted by atomic mass is 9.80. The Bertz CT molecular complexity index is 947. The van der Waals surface area contributed by atoms with Gasteiger partial charge in [-0.25, -0.2) is 9.59 Å². The van der Waals surface area contributed by atoms with E-state index in [0.29, 0.717) is 0 Å². The number of ether oxygens (including phenoxy) is 5. The number of aliphatic carboxylic acids is 1. The summed E-state index contributed by atoms with van der Waals surface area (Å²) in [5, 5.41) is 9.13. The van der Waals surface area contributed by atoms with Crippen LogP contribution in [0.2, 0.25) is 0 Å². The number of carboxylic acids is 1. The Labute approximate surface area is 234 Å². The number of carbonyl (C=O) groups is 6. The van der Waals surface area contributed by atoms with Crippen LogP contribution in [0.15, 0.2) is 0 Å². The Morgan fingerprint density at radius 1 is 0.600 bits per heavy atom. The number of amides is 2. The van der Waals surface area contributed by atoms with Crippen molar-refractivity contribution >= 4 is 36.1 Å². The lowest BCUT2D eigenvalue weighted by Crippen LogP contribution is -2.67. The van der Waals surface area contributed by atoms with Crippen LogP contribution in [0.25, 0.3) is 0 Å². The molecule has 14 heteroatoms. The number of nitrogens with zero attached hydrogens (tertiary/aromatic N) is 2. The molecule has 0 bridgehead atoms. The zero-order chi connectivity index (χ0) is 31.1. The average Bonchev–Trinajstić information content (AvgIpc) is 2.70. The molecule has 0 aromatic heterocycles. The number of likely N-dealkylation sites (tertiary alicyclic amines) is 2. The topological polar surface area (TPSA) is 175 Å². The Morgan fingerprint density at radius 2 is 0.875 bits per heavy atom. The zero-order valence-electron chi connectivity index (χ0n) is 24.8. The summed E-state index contributed by atoms with van der Waals surface area (Å²) in [5.41, 5.74) is -4.39. The second-order valence-corrected chi connectivity index (χ2v) is 11.3. The molecule has 2 rings (SSSR count). The largest absolute Gasteiger partial charge is 0.480 e. The third kappa shape index (κ3) is 8.46. The van der Waals surface area contributed by atoms with Crippen LogP contribution in [0.5, 0.6) is 0 Å². The summed E-state index contributed by atoms with van der Waals surface area (Å²) < 4.78 is 24.9. The minimum absolute atomic E-state index is 0.0837. The van der Waals surface area contributed by atoms with Crippen LogP contribution in [0.3, 0.4) is 0 Å². The first-order valence-corrected chi connectivity index (χ1v) is 13.0. The van der Waals surface area contributed by atoms with Crippen molar-refractivity contribution in [2.24, 2.45) is 10.8 Å². The maximum atomic E-state index is 12.0. The standard InChI is InChI=1S/C14H23NO6.C12H19NO6/c1-6-19-10(16)14(11(17)20-7-2)8-15(9-14)12(18)21-13(3,4)5;1-5-18-9(16)12(8(14)15)6-13(7-12)10(17)19-11(2,3)4/h6-9H2,1-5H3;5-7H2,1-4H3,(H,14,15). The SMILES string of the molecule is CCOC(=O)C1(C(=O)O)CN(C(=O)OC(C)(C)C)C1.CCOC(=O)C1(C(=O)OCC)CN(C(=O)OC(C)(C)C)C1. The van der Waals surface area contributed by atoms with Crippen molar-refractivity contribution < 1.29 is 57.6 Å². The minimum Gasteiger partial charge on any atom is -0.480 e. The van der Waals surface area contributed by atoms with E-state index in [1.54, 1.807) is 62.3 Å². The molecule has 1 N–H and O–H groups in total. The van der Waals surface area contributed by atoms with Gasteiger partial charge in [0.05, 0.1) is 46.0 Å². The quantitative estimate of drug-likeness (QED) is 0.267. The van der Waals surface area contributed by atoms with E-state index < -0.39 is 58.1 Å². The number of hydrogen-bond donors (Lipinski definition) is 1. The lowest BCUT2D eigenvalue weighted by Gasteiger charge is -2.45. The van der Waals surface area contributed by atoms with E-state index in [9.17, 15) is 28.8 Å². The molecule has 2 aliphatic rings. The van der Waals surface area contributed by atoms with Crippen LogP contribution in [0.1, 0.15) is 62.3 Å². The highest BCUT2D eigenvalue weighted by Gasteiger charge is 2.60. The predicted octanol–water partition coefficient (Wildman–Crippen LogP) is 2.22. The molecule has 40 heavy (non-hydrogen) atoms. The molecule has 2 saturated heterocycles. The van der Waals surface area contributed by atoms with Crippen molar-refractivity contribution in [1.82, 2.24) is 9.80 Å². The number of carboxylic acid groups (broad SMARTS) is 1. The maximum absolute atomic E-state index is 12.0. The van der Waals surface area contributed by atoms with E-state index in [1.807, 2.05) is 0 Å². The summed E-state index contributed by atoms with van der Waals surface area (Å²) in [6.07, 6.45) is -1.19. The average molecular weight is 575 g/mol. The highest BCUT2D eigenvalue weighted by atomic mass is 16.6. The first kappa shape index (κ1) is 34.4. The molecular weight excluding hydrogens is 532 g/mol. The van der Waals surface area contributed by atoms with Crippen molar-refractivity contribution in [2.75, 3.05) is 46.0 Å². The molecule has 0 atom stereocenters. The summed E-state index contributed by atoms with van der Waals surface area (Å²) in [6, 6.07) is 0. The summed E-state index contributed by atoms with van der Waals surface area (Å²) in [6.45, 7) is 15.1. The van der Waals surface area contributed by atoms with Gasteiger partial charge in [0.1, 0.15) is 11.2 Å². The van der Waals surface area contributed by atoms with E-state index >= 15 is 0 Å². The first-order chi connectivity index (χ1) is 18.3. The summed E-state index contributed by atoms with van der Waals surface area (Å²) >= 11 is 0. The van der Waals surface area contributed by atoms with Crippen LogP contribution in [-0.2, 0) is 42.9 Å². The summed E-state index contributed by atoms with van der Waals surface area (Å²) in [4.78, 5) is 72.9. The van der Waals surface area contributed by atoms with Crippen LogP contribution in [-0.4, -0.2) is 108 Å². The van der Waals surface area contributed by atoms with E-state index in [2.05, 4.69) is 0 Å². The minimum atomic E-state index is -1.66. The Hall–Kier alpha value is -3.58. The molecule has 2 amide bonds. The Kier molecular flexibility index (Phi) is 11.4. The van der Waals surface area contributed by atoms with Gasteiger partial charge in [-0.05, 0) is 62.3 Å². The van der Waals surface area contributed by atoms with Gasteiger partial charge >= 0.3 is 36.1 Å². The van der Waals surface area contributed by atoms with Gasteiger partial charge in [-0.1, -0.05) is 0 Å². The maximum Gasteiger partial charge on any atom is 0.410 e. The van der Waals surface area contributed by atoms with Crippen molar-refractivity contribution in [2.45, 2.75) is 73.5 Å². The second kappa shape index (κ2) is 13.2. The fourth-order valence-electron chi connectivity index (χ4n) is 3.62. The van der Waals surface area contributed by atoms with Gasteiger partial charge in [0.25, 0.3) is 0 Å². The van der Waals surface area contributed by atoms with E-state index in [-0.39, 0.29) is 46.0 Å². The normalized spacial score (nSPS) is 17.0. The highest BCUT2D eigenvalue weighted by molar-refractivity contribution is 6.03. The summed E-state index contributed by atoms with van der Waals surface area (Å²) in [7, 11) is 0. The van der Waals surface area contributed by atoms with E-state index in [4.69, 9.17) is 28.8 Å². The molecule has 2 heterocycles. The number of rotatable bonds is 7. The van der Waals surface area contributed by atoms with Crippen LogP contribution < -0.4 is 0 Å². The van der Waals surface area contributed by atoms with Gasteiger partial charge in [0.2, 0.25) is 0 Å². The number of carbonyl (C=O) groups excluding carboxylic acids is 5. The molecule has 0 aromatic rings. The summed E-state index contributed by atoms with van der Waals surface area (Å²) in [5.74, 6) is -3.43. The first-order valence-electron chi connectivity index (χ1n) is 13.0. The number of esters is 3. The van der Waals surface area contributed by atoms with Crippen molar-refractivity contribution in [1.29, 1.82) is 0 Å². The fraction of sp³-hybridized carbons (Fsp3) is 0.769. The van der Waals surface area contributed by atoms with Crippen LogP contribution in [0, 0.1) is 10.8 Å². The smallest absolute Gasteiger partial charge is 0.410 e. The molecule has 14 nitrogen and oxygen atoms in total. The third-order valence-corrected chi connectivity index (χ3v) is 5.55. The van der Waals surface area contributed by atoms with Gasteiger partial charge in [-0.3, -0.25) is 19.2 Å². The van der Waals surface area contributed by atoms with E-state index in [0.717, 1.165) is 0 Å². The van der Waals surface area contributed by atoms with Gasteiger partial charge in [0, 0.05) is 0 Å². The van der Waals surface area contributed by atoms with Gasteiger partial charge in [-0.15, -0.1) is 0 Å².